The van der Waals surface area contributed by atoms with Crippen molar-refractivity contribution >= 4 is 5.84 Å². The van der Waals surface area contributed by atoms with Gasteiger partial charge in [-0.05, 0) is 12.8 Å². The molecular formula is C10H18F3N3. The van der Waals surface area contributed by atoms with Crippen LogP contribution < -0.4 is 11.3 Å². The largest absolute Gasteiger partial charge is 0.396 e. The van der Waals surface area contributed by atoms with Gasteiger partial charge in [0, 0.05) is 0 Å². The fourth-order valence-corrected chi connectivity index (χ4v) is 1.93. The maximum atomic E-state index is 12.2. The first-order chi connectivity index (χ1) is 7.51. The smallest absolute Gasteiger partial charge is 0.312 e. The normalized spacial score (nSPS) is 20.6. The predicted octanol–water partition coefficient (Wildman–Crippen LogP) is 2.52. The number of alkyl halides is 3. The average Bonchev–Trinajstić information content (AvgIpc) is 2.43. The molecule has 1 rings (SSSR count). The van der Waals surface area contributed by atoms with Crippen LogP contribution in [0.5, 0.6) is 0 Å². The van der Waals surface area contributed by atoms with E-state index in [9.17, 15) is 13.2 Å². The number of nitrogens with zero attached hydrogens (tertiary/aromatic N) is 1. The minimum absolute atomic E-state index is 0.00380. The quantitative estimate of drug-likeness (QED) is 0.255. The molecule has 0 aromatic carbocycles. The number of hydrazine groups is 1. The van der Waals surface area contributed by atoms with Crippen LogP contribution in [0.3, 0.4) is 0 Å². The zero-order valence-electron chi connectivity index (χ0n) is 9.19. The Morgan fingerprint density at radius 3 is 2.19 bits per heavy atom. The Labute approximate surface area is 93.3 Å². The van der Waals surface area contributed by atoms with E-state index in [-0.39, 0.29) is 11.9 Å². The second kappa shape index (κ2) is 6.08. The summed E-state index contributed by atoms with van der Waals surface area (Å²) in [7, 11) is 0. The first-order valence-corrected chi connectivity index (χ1v) is 5.61. The molecule has 1 aliphatic carbocycles. The summed E-state index contributed by atoms with van der Waals surface area (Å²) < 4.78 is 36.5. The maximum absolute atomic E-state index is 12.2. The summed E-state index contributed by atoms with van der Waals surface area (Å²) >= 11 is 0. The van der Waals surface area contributed by atoms with E-state index in [1.807, 2.05) is 0 Å². The molecule has 1 fully saturated rings. The Balaban J connectivity index is 2.55. The molecule has 0 aliphatic heterocycles. The summed E-state index contributed by atoms with van der Waals surface area (Å²) in [5.41, 5.74) is 2.06. The van der Waals surface area contributed by atoms with Crippen LogP contribution in [0, 0.1) is 0 Å². The lowest BCUT2D eigenvalue weighted by Crippen LogP contribution is -2.35. The molecule has 0 atom stereocenters. The minimum atomic E-state index is -4.25. The predicted molar refractivity (Wildman–Crippen MR) is 56.9 cm³/mol. The molecule has 0 saturated heterocycles. The van der Waals surface area contributed by atoms with Crippen molar-refractivity contribution in [2.75, 3.05) is 0 Å². The van der Waals surface area contributed by atoms with Crippen LogP contribution in [-0.2, 0) is 0 Å². The summed E-state index contributed by atoms with van der Waals surface area (Å²) in [5, 5.41) is 0. The van der Waals surface area contributed by atoms with Gasteiger partial charge in [0.1, 0.15) is 12.3 Å². The third-order valence-corrected chi connectivity index (χ3v) is 2.70. The average molecular weight is 237 g/mol. The van der Waals surface area contributed by atoms with E-state index in [0.29, 0.717) is 0 Å². The van der Waals surface area contributed by atoms with E-state index < -0.39 is 12.6 Å². The maximum Gasteiger partial charge on any atom is 0.396 e. The van der Waals surface area contributed by atoms with E-state index in [1.54, 1.807) is 0 Å². The zero-order chi connectivity index (χ0) is 12.0. The number of rotatable bonds is 2. The highest BCUT2D eigenvalue weighted by atomic mass is 19.4. The van der Waals surface area contributed by atoms with Crippen molar-refractivity contribution < 1.29 is 13.2 Å². The van der Waals surface area contributed by atoms with Crippen LogP contribution in [0.1, 0.15) is 44.9 Å². The second-order valence-corrected chi connectivity index (χ2v) is 4.16. The van der Waals surface area contributed by atoms with Crippen molar-refractivity contribution in [3.8, 4) is 0 Å². The second-order valence-electron chi connectivity index (χ2n) is 4.16. The lowest BCUT2D eigenvalue weighted by atomic mass is 10.1. The summed E-state index contributed by atoms with van der Waals surface area (Å²) in [4.78, 5) is 4.06. The molecule has 0 aromatic heterocycles. The standard InChI is InChI=1S/C10H18F3N3/c11-10(12,13)7-9(16-14)15-8-5-3-1-2-4-6-8/h8H,1-7,14H2,(H,15,16). The lowest BCUT2D eigenvalue weighted by Gasteiger charge is -2.13. The van der Waals surface area contributed by atoms with Crippen molar-refractivity contribution in [2.24, 2.45) is 10.8 Å². The number of halogens is 3. The van der Waals surface area contributed by atoms with E-state index in [0.717, 1.165) is 38.5 Å². The molecular weight excluding hydrogens is 219 g/mol. The molecule has 3 N–H and O–H groups in total. The first-order valence-electron chi connectivity index (χ1n) is 5.61. The SMILES string of the molecule is NNC(CC(F)(F)F)=NC1CCCCCC1. The van der Waals surface area contributed by atoms with E-state index in [2.05, 4.69) is 10.4 Å². The minimum Gasteiger partial charge on any atom is -0.312 e. The van der Waals surface area contributed by atoms with Crippen LogP contribution in [0.25, 0.3) is 0 Å². The number of nitrogens with one attached hydrogen (secondary N) is 1. The molecule has 0 spiro atoms. The van der Waals surface area contributed by atoms with E-state index in [4.69, 9.17) is 5.84 Å². The highest BCUT2D eigenvalue weighted by Gasteiger charge is 2.30. The molecule has 0 unspecified atom stereocenters. The van der Waals surface area contributed by atoms with Gasteiger partial charge in [0.25, 0.3) is 0 Å². The Morgan fingerprint density at radius 1 is 1.19 bits per heavy atom. The van der Waals surface area contributed by atoms with E-state index >= 15 is 0 Å². The first kappa shape index (κ1) is 13.3. The Hall–Kier alpha value is -0.780. The van der Waals surface area contributed by atoms with Crippen LogP contribution in [-0.4, -0.2) is 18.1 Å². The van der Waals surface area contributed by atoms with Crippen LogP contribution >= 0.6 is 0 Å². The molecule has 1 aliphatic rings. The molecule has 0 amide bonds. The third-order valence-electron chi connectivity index (χ3n) is 2.70. The number of hydrogen-bond acceptors (Lipinski definition) is 2. The van der Waals surface area contributed by atoms with E-state index in [1.165, 1.54) is 0 Å². The van der Waals surface area contributed by atoms with Crippen molar-refractivity contribution in [1.29, 1.82) is 0 Å². The summed E-state index contributed by atoms with van der Waals surface area (Å²) in [5.74, 6) is 4.90. The third kappa shape index (κ3) is 5.34. The Kier molecular flexibility index (Phi) is 5.05. The Morgan fingerprint density at radius 2 is 1.75 bits per heavy atom. The van der Waals surface area contributed by atoms with Crippen molar-refractivity contribution in [3.63, 3.8) is 0 Å². The number of nitrogens with two attached hydrogens (primary N) is 1. The van der Waals surface area contributed by atoms with Gasteiger partial charge in [0.05, 0.1) is 6.04 Å². The highest BCUT2D eigenvalue weighted by Crippen LogP contribution is 2.23. The van der Waals surface area contributed by atoms with Gasteiger partial charge in [0.15, 0.2) is 0 Å². The molecule has 3 nitrogen and oxygen atoms in total. The van der Waals surface area contributed by atoms with Gasteiger partial charge in [0.2, 0.25) is 0 Å². The van der Waals surface area contributed by atoms with Gasteiger partial charge < -0.3 is 5.43 Å². The van der Waals surface area contributed by atoms with Gasteiger partial charge in [-0.1, -0.05) is 25.7 Å². The molecule has 16 heavy (non-hydrogen) atoms. The fraction of sp³-hybridized carbons (Fsp3) is 0.900. The molecule has 0 bridgehead atoms. The molecule has 6 heteroatoms. The van der Waals surface area contributed by atoms with Crippen LogP contribution in [0.15, 0.2) is 4.99 Å². The van der Waals surface area contributed by atoms with Crippen LogP contribution in [0.4, 0.5) is 13.2 Å². The van der Waals surface area contributed by atoms with Crippen LogP contribution in [0.2, 0.25) is 0 Å². The lowest BCUT2D eigenvalue weighted by molar-refractivity contribution is -0.121. The van der Waals surface area contributed by atoms with Crippen molar-refractivity contribution in [1.82, 2.24) is 5.43 Å². The number of amidine groups is 1. The van der Waals surface area contributed by atoms with Gasteiger partial charge in [-0.15, -0.1) is 0 Å². The molecule has 0 radical (unpaired) electrons. The molecule has 0 aromatic rings. The van der Waals surface area contributed by atoms with Crippen molar-refractivity contribution in [3.05, 3.63) is 0 Å². The topological polar surface area (TPSA) is 50.4 Å². The molecule has 94 valence electrons. The monoisotopic (exact) mass is 237 g/mol. The molecule has 1 saturated carbocycles. The Bertz CT molecular complexity index is 230. The summed E-state index contributed by atoms with van der Waals surface area (Å²) in [6.07, 6.45) is 0.783. The summed E-state index contributed by atoms with van der Waals surface area (Å²) in [6, 6.07) is -0.00380. The van der Waals surface area contributed by atoms with Gasteiger partial charge in [-0.2, -0.15) is 13.2 Å². The zero-order valence-corrected chi connectivity index (χ0v) is 9.19. The van der Waals surface area contributed by atoms with Gasteiger partial charge >= 0.3 is 6.18 Å². The molecule has 0 heterocycles. The fourth-order valence-electron chi connectivity index (χ4n) is 1.93. The van der Waals surface area contributed by atoms with Crippen molar-refractivity contribution in [2.45, 2.75) is 57.2 Å². The van der Waals surface area contributed by atoms with Gasteiger partial charge in [-0.3, -0.25) is 4.99 Å². The number of hydrogen-bond donors (Lipinski definition) is 2. The highest BCUT2D eigenvalue weighted by molar-refractivity contribution is 5.82. The summed E-state index contributed by atoms with van der Waals surface area (Å²) in [6.45, 7) is 0. The van der Waals surface area contributed by atoms with Gasteiger partial charge in [-0.25, -0.2) is 5.84 Å². The number of aliphatic imine (C=N–C) groups is 1.